The summed E-state index contributed by atoms with van der Waals surface area (Å²) in [7, 11) is 1.59. The van der Waals surface area contributed by atoms with Crippen LogP contribution in [0.2, 0.25) is 0 Å². The topological polar surface area (TPSA) is 54.3 Å². The molecule has 1 aliphatic heterocycles. The molecule has 4 nitrogen and oxygen atoms in total. The Morgan fingerprint density at radius 1 is 1.26 bits per heavy atom. The molecule has 102 valence electrons. The summed E-state index contributed by atoms with van der Waals surface area (Å²) in [6.45, 7) is 2.92. The molecule has 4 heteroatoms. The first-order valence-corrected chi connectivity index (χ1v) is 6.74. The fraction of sp³-hybridized carbons (Fsp3) is 0.533. The minimum Gasteiger partial charge on any atom is -0.497 e. The highest BCUT2D eigenvalue weighted by Crippen LogP contribution is 2.23. The summed E-state index contributed by atoms with van der Waals surface area (Å²) < 4.78 is 10.9. The van der Waals surface area contributed by atoms with Gasteiger partial charge >= 0.3 is 0 Å². The van der Waals surface area contributed by atoms with Crippen LogP contribution in [0.3, 0.4) is 0 Å². The van der Waals surface area contributed by atoms with E-state index in [2.05, 4.69) is 11.4 Å². The molecule has 0 unspecified atom stereocenters. The average Bonchev–Trinajstić information content (AvgIpc) is 2.48. The fourth-order valence-corrected chi connectivity index (χ4v) is 2.35. The summed E-state index contributed by atoms with van der Waals surface area (Å²) in [5, 5.41) is 12.3. The molecule has 1 aromatic rings. The van der Waals surface area contributed by atoms with Gasteiger partial charge in [-0.3, -0.25) is 0 Å². The van der Waals surface area contributed by atoms with Crippen LogP contribution in [0.5, 0.6) is 11.5 Å². The molecule has 0 radical (unpaired) electrons. The highest BCUT2D eigenvalue weighted by Gasteiger charge is 2.12. The first-order valence-electron chi connectivity index (χ1n) is 6.74. The molecule has 0 atom stereocenters. The number of piperidine rings is 1. The van der Waals surface area contributed by atoms with Crippen molar-refractivity contribution in [1.29, 1.82) is 5.26 Å². The first kappa shape index (κ1) is 13.7. The van der Waals surface area contributed by atoms with E-state index in [4.69, 9.17) is 14.7 Å². The van der Waals surface area contributed by atoms with Crippen LogP contribution in [-0.4, -0.2) is 26.8 Å². The lowest BCUT2D eigenvalue weighted by atomic mass is 9.95. The third-order valence-electron chi connectivity index (χ3n) is 3.50. The SMILES string of the molecule is COc1cc(C#N)cc(OCCC2CCNCC2)c1. The van der Waals surface area contributed by atoms with Gasteiger partial charge in [0.25, 0.3) is 0 Å². The second-order valence-electron chi connectivity index (χ2n) is 4.84. The molecule has 0 amide bonds. The second-order valence-corrected chi connectivity index (χ2v) is 4.84. The van der Waals surface area contributed by atoms with Crippen LogP contribution in [0, 0.1) is 17.2 Å². The van der Waals surface area contributed by atoms with E-state index in [1.165, 1.54) is 12.8 Å². The Labute approximate surface area is 114 Å². The van der Waals surface area contributed by atoms with Gasteiger partial charge in [0.1, 0.15) is 11.5 Å². The molecule has 0 aromatic heterocycles. The summed E-state index contributed by atoms with van der Waals surface area (Å²) in [5.74, 6) is 2.13. The van der Waals surface area contributed by atoms with Crippen molar-refractivity contribution in [3.63, 3.8) is 0 Å². The third-order valence-corrected chi connectivity index (χ3v) is 3.50. The Bertz CT molecular complexity index is 448. The quantitative estimate of drug-likeness (QED) is 0.883. The van der Waals surface area contributed by atoms with Gasteiger partial charge < -0.3 is 14.8 Å². The molecule has 1 saturated heterocycles. The van der Waals surface area contributed by atoms with E-state index in [1.54, 1.807) is 19.2 Å². The Balaban J connectivity index is 1.86. The van der Waals surface area contributed by atoms with Crippen LogP contribution in [0.15, 0.2) is 18.2 Å². The van der Waals surface area contributed by atoms with E-state index in [-0.39, 0.29) is 0 Å². The summed E-state index contributed by atoms with van der Waals surface area (Å²) in [4.78, 5) is 0. The minimum atomic E-state index is 0.566. The Kier molecular flexibility index (Phi) is 5.05. The van der Waals surface area contributed by atoms with Crippen molar-refractivity contribution < 1.29 is 9.47 Å². The molecule has 1 N–H and O–H groups in total. The normalized spacial score (nSPS) is 15.8. The van der Waals surface area contributed by atoms with Crippen LogP contribution < -0.4 is 14.8 Å². The molecule has 1 heterocycles. The summed E-state index contributed by atoms with van der Waals surface area (Å²) >= 11 is 0. The lowest BCUT2D eigenvalue weighted by Gasteiger charge is -2.22. The molecule has 1 fully saturated rings. The Morgan fingerprint density at radius 2 is 2.00 bits per heavy atom. The molecular formula is C15H20N2O2. The molecule has 1 aliphatic rings. The van der Waals surface area contributed by atoms with Crippen molar-refractivity contribution in [3.8, 4) is 17.6 Å². The number of hydrogen-bond donors (Lipinski definition) is 1. The highest BCUT2D eigenvalue weighted by atomic mass is 16.5. The predicted molar refractivity (Wildman–Crippen MR) is 73.4 cm³/mol. The van der Waals surface area contributed by atoms with Crippen molar-refractivity contribution >= 4 is 0 Å². The number of nitrogens with zero attached hydrogens (tertiary/aromatic N) is 1. The van der Waals surface area contributed by atoms with Gasteiger partial charge in [-0.2, -0.15) is 5.26 Å². The number of nitriles is 1. The zero-order valence-electron chi connectivity index (χ0n) is 11.3. The smallest absolute Gasteiger partial charge is 0.124 e. The van der Waals surface area contributed by atoms with Gasteiger partial charge in [0.05, 0.1) is 25.3 Å². The monoisotopic (exact) mass is 260 g/mol. The molecular weight excluding hydrogens is 240 g/mol. The molecule has 2 rings (SSSR count). The first-order chi connectivity index (χ1) is 9.31. The molecule has 19 heavy (non-hydrogen) atoms. The Morgan fingerprint density at radius 3 is 2.68 bits per heavy atom. The van der Waals surface area contributed by atoms with Crippen molar-refractivity contribution in [2.45, 2.75) is 19.3 Å². The minimum absolute atomic E-state index is 0.566. The van der Waals surface area contributed by atoms with Crippen molar-refractivity contribution in [1.82, 2.24) is 5.32 Å². The number of benzene rings is 1. The van der Waals surface area contributed by atoms with Crippen molar-refractivity contribution in [2.75, 3.05) is 26.8 Å². The maximum Gasteiger partial charge on any atom is 0.124 e. The second kappa shape index (κ2) is 7.01. The van der Waals surface area contributed by atoms with Crippen LogP contribution in [0.25, 0.3) is 0 Å². The van der Waals surface area contributed by atoms with E-state index in [1.807, 2.05) is 6.07 Å². The summed E-state index contributed by atoms with van der Waals surface area (Å²) in [5.41, 5.74) is 0.566. The Hall–Kier alpha value is -1.73. The van der Waals surface area contributed by atoms with Crippen LogP contribution >= 0.6 is 0 Å². The van der Waals surface area contributed by atoms with E-state index < -0.39 is 0 Å². The van der Waals surface area contributed by atoms with Crippen LogP contribution in [-0.2, 0) is 0 Å². The molecule has 0 saturated carbocycles. The average molecular weight is 260 g/mol. The van der Waals surface area contributed by atoms with Crippen molar-refractivity contribution in [2.24, 2.45) is 5.92 Å². The molecule has 1 aromatic carbocycles. The zero-order chi connectivity index (χ0) is 13.5. The maximum atomic E-state index is 8.94. The van der Waals surface area contributed by atoms with E-state index in [0.717, 1.165) is 25.4 Å². The number of hydrogen-bond acceptors (Lipinski definition) is 4. The summed E-state index contributed by atoms with van der Waals surface area (Å²) in [6, 6.07) is 7.40. The van der Waals surface area contributed by atoms with Gasteiger partial charge in [0, 0.05) is 6.07 Å². The van der Waals surface area contributed by atoms with Gasteiger partial charge in [-0.15, -0.1) is 0 Å². The van der Waals surface area contributed by atoms with Gasteiger partial charge in [0.15, 0.2) is 0 Å². The van der Waals surface area contributed by atoms with Gasteiger partial charge in [-0.05, 0) is 50.4 Å². The van der Waals surface area contributed by atoms with Gasteiger partial charge in [-0.25, -0.2) is 0 Å². The number of ether oxygens (including phenoxy) is 2. The lowest BCUT2D eigenvalue weighted by Crippen LogP contribution is -2.28. The third kappa shape index (κ3) is 4.15. The van der Waals surface area contributed by atoms with Crippen molar-refractivity contribution in [3.05, 3.63) is 23.8 Å². The summed E-state index contributed by atoms with van der Waals surface area (Å²) in [6.07, 6.45) is 3.52. The van der Waals surface area contributed by atoms with E-state index in [0.29, 0.717) is 23.7 Å². The number of nitrogens with one attached hydrogen (secondary N) is 1. The highest BCUT2D eigenvalue weighted by molar-refractivity contribution is 5.43. The van der Waals surface area contributed by atoms with Gasteiger partial charge in [0.2, 0.25) is 0 Å². The number of rotatable bonds is 5. The standard InChI is InChI=1S/C15H20N2O2/c1-18-14-8-13(11-16)9-15(10-14)19-7-4-12-2-5-17-6-3-12/h8-10,12,17H,2-7H2,1H3. The molecule has 0 aliphatic carbocycles. The van der Waals surface area contributed by atoms with Gasteiger partial charge in [-0.1, -0.05) is 0 Å². The fourth-order valence-electron chi connectivity index (χ4n) is 2.35. The van der Waals surface area contributed by atoms with E-state index >= 15 is 0 Å². The predicted octanol–water partition coefficient (Wildman–Crippen LogP) is 2.34. The lowest BCUT2D eigenvalue weighted by molar-refractivity contribution is 0.251. The van der Waals surface area contributed by atoms with E-state index in [9.17, 15) is 0 Å². The maximum absolute atomic E-state index is 8.94. The largest absolute Gasteiger partial charge is 0.497 e. The zero-order valence-corrected chi connectivity index (χ0v) is 11.3. The molecule has 0 bridgehead atoms. The number of methoxy groups -OCH3 is 1. The van der Waals surface area contributed by atoms with Crippen LogP contribution in [0.1, 0.15) is 24.8 Å². The molecule has 0 spiro atoms. The van der Waals surface area contributed by atoms with Crippen LogP contribution in [0.4, 0.5) is 0 Å².